The largest absolute Gasteiger partial charge is 0.475 e. The van der Waals surface area contributed by atoms with Gasteiger partial charge in [0.2, 0.25) is 5.78 Å². The van der Waals surface area contributed by atoms with E-state index in [4.69, 9.17) is 19.9 Å². The number of hydrogen-bond acceptors (Lipinski definition) is 6. The monoisotopic (exact) mass is 242 g/mol. The summed E-state index contributed by atoms with van der Waals surface area (Å²) in [6.07, 6.45) is -4.69. The van der Waals surface area contributed by atoms with Gasteiger partial charge in [-0.2, -0.15) is 8.42 Å². The predicted octanol–water partition coefficient (Wildman–Crippen LogP) is -2.36. The van der Waals surface area contributed by atoms with E-state index in [0.29, 0.717) is 0 Å². The van der Waals surface area contributed by atoms with Gasteiger partial charge in [-0.1, -0.05) is 0 Å². The van der Waals surface area contributed by atoms with Crippen LogP contribution in [0.25, 0.3) is 0 Å². The minimum absolute atomic E-state index is 0.925. The molecule has 0 saturated carbocycles. The summed E-state index contributed by atoms with van der Waals surface area (Å²) in [5.41, 5.74) is 0. The van der Waals surface area contributed by atoms with Crippen LogP contribution >= 0.6 is 0 Å². The number of Topliss-reactive ketones (excluding diaryl/α,β-unsaturated/α-hetero) is 1. The fourth-order valence-electron chi connectivity index (χ4n) is 0.740. The molecule has 0 spiro atoms. The maximum atomic E-state index is 10.5. The maximum absolute atomic E-state index is 10.5. The molecule has 0 aliphatic carbocycles. The Kier molecular flexibility index (Phi) is 4.81. The maximum Gasteiger partial charge on any atom is 0.372 e. The number of carboxylic acids is 1. The van der Waals surface area contributed by atoms with Gasteiger partial charge in [0, 0.05) is 6.42 Å². The molecule has 0 bridgehead atoms. The quantitative estimate of drug-likeness (QED) is 0.298. The zero-order chi connectivity index (χ0) is 12.2. The molecule has 0 fully saturated rings. The molecule has 9 heteroatoms. The second kappa shape index (κ2) is 5.16. The molecule has 0 aromatic heterocycles. The number of aliphatic hydroxyl groups is 2. The molecular formula is C6H10O8S. The molecule has 0 aromatic carbocycles. The first-order valence-electron chi connectivity index (χ1n) is 3.71. The Hall–Kier alpha value is -1.03. The molecule has 8 nitrogen and oxygen atoms in total. The van der Waals surface area contributed by atoms with E-state index in [1.165, 1.54) is 0 Å². The van der Waals surface area contributed by atoms with E-state index in [2.05, 4.69) is 0 Å². The van der Waals surface area contributed by atoms with Crippen molar-refractivity contribution in [2.75, 3.05) is 5.75 Å². The highest BCUT2D eigenvalue weighted by atomic mass is 32.2. The molecule has 0 saturated heterocycles. The molecule has 0 heterocycles. The van der Waals surface area contributed by atoms with Gasteiger partial charge in [0.15, 0.2) is 0 Å². The van der Waals surface area contributed by atoms with Gasteiger partial charge in [-0.3, -0.25) is 9.35 Å². The van der Waals surface area contributed by atoms with Gasteiger partial charge in [-0.15, -0.1) is 0 Å². The smallest absolute Gasteiger partial charge is 0.372 e. The van der Waals surface area contributed by atoms with E-state index in [0.717, 1.165) is 0 Å². The summed E-state index contributed by atoms with van der Waals surface area (Å²) in [4.78, 5) is 20.6. The third kappa shape index (κ3) is 6.12. The van der Waals surface area contributed by atoms with Gasteiger partial charge in [0.25, 0.3) is 10.1 Å². The molecule has 15 heavy (non-hydrogen) atoms. The van der Waals surface area contributed by atoms with Crippen molar-refractivity contribution in [3.63, 3.8) is 0 Å². The first kappa shape index (κ1) is 14.0. The van der Waals surface area contributed by atoms with Crippen LogP contribution in [0.2, 0.25) is 0 Å². The molecule has 0 aliphatic rings. The van der Waals surface area contributed by atoms with E-state index in [1.807, 2.05) is 0 Å². The van der Waals surface area contributed by atoms with Crippen molar-refractivity contribution in [1.29, 1.82) is 0 Å². The zero-order valence-electron chi connectivity index (χ0n) is 7.40. The van der Waals surface area contributed by atoms with Crippen LogP contribution in [-0.2, 0) is 19.7 Å². The van der Waals surface area contributed by atoms with E-state index in [1.54, 1.807) is 0 Å². The summed E-state index contributed by atoms with van der Waals surface area (Å²) in [5, 5.41) is 26.1. The van der Waals surface area contributed by atoms with Crippen LogP contribution in [0.5, 0.6) is 0 Å². The fourth-order valence-corrected chi connectivity index (χ4v) is 1.39. The third-order valence-corrected chi connectivity index (χ3v) is 2.22. The van der Waals surface area contributed by atoms with Crippen molar-refractivity contribution in [1.82, 2.24) is 0 Å². The first-order valence-corrected chi connectivity index (χ1v) is 5.32. The number of rotatable bonds is 6. The number of carbonyl (C=O) groups excluding carboxylic acids is 1. The normalized spacial score (nSPS) is 15.7. The highest BCUT2D eigenvalue weighted by Crippen LogP contribution is 2.03. The number of aliphatic hydroxyl groups excluding tert-OH is 2. The lowest BCUT2D eigenvalue weighted by molar-refractivity contribution is -0.150. The van der Waals surface area contributed by atoms with Crippen molar-refractivity contribution >= 4 is 21.9 Å². The molecule has 88 valence electrons. The van der Waals surface area contributed by atoms with Crippen LogP contribution in [0.1, 0.15) is 6.42 Å². The van der Waals surface area contributed by atoms with Crippen molar-refractivity contribution in [2.24, 2.45) is 0 Å². The number of carbonyl (C=O) groups is 2. The van der Waals surface area contributed by atoms with Gasteiger partial charge >= 0.3 is 5.97 Å². The van der Waals surface area contributed by atoms with Crippen LogP contribution < -0.4 is 0 Å². The summed E-state index contributed by atoms with van der Waals surface area (Å²) < 4.78 is 28.8. The van der Waals surface area contributed by atoms with Crippen LogP contribution in [0.4, 0.5) is 0 Å². The third-order valence-electron chi connectivity index (χ3n) is 1.46. The van der Waals surface area contributed by atoms with Crippen LogP contribution in [0.3, 0.4) is 0 Å². The van der Waals surface area contributed by atoms with Crippen molar-refractivity contribution in [3.8, 4) is 0 Å². The molecule has 0 aromatic rings. The highest BCUT2D eigenvalue weighted by Gasteiger charge is 2.26. The fraction of sp³-hybridized carbons (Fsp3) is 0.667. The Morgan fingerprint density at radius 2 is 1.60 bits per heavy atom. The summed E-state index contributed by atoms with van der Waals surface area (Å²) >= 11 is 0. The minimum atomic E-state index is -4.49. The summed E-state index contributed by atoms with van der Waals surface area (Å²) in [6, 6.07) is 0. The van der Waals surface area contributed by atoms with Crippen molar-refractivity contribution in [3.05, 3.63) is 0 Å². The standard InChI is InChI=1S/C6H10O8S/c7-3(1-4(8)6(10)11)5(9)2-15(12,13)14/h3,5,7,9H,1-2H2,(H,10,11)(H,12,13,14)/t3-,5+/m0/s1. The molecule has 0 unspecified atom stereocenters. The Morgan fingerprint density at radius 1 is 1.13 bits per heavy atom. The Morgan fingerprint density at radius 3 is 1.93 bits per heavy atom. The second-order valence-electron chi connectivity index (χ2n) is 2.82. The molecule has 0 aliphatic heterocycles. The number of carboxylic acid groups (broad SMARTS) is 1. The van der Waals surface area contributed by atoms with Gasteiger partial charge in [-0.25, -0.2) is 4.79 Å². The number of ketones is 1. The summed E-state index contributed by atoms with van der Waals surface area (Å²) in [6.45, 7) is 0. The molecule has 2 atom stereocenters. The summed E-state index contributed by atoms with van der Waals surface area (Å²) in [7, 11) is -4.49. The molecule has 0 amide bonds. The Labute approximate surface area is 84.9 Å². The van der Waals surface area contributed by atoms with Crippen LogP contribution in [0, 0.1) is 0 Å². The van der Waals surface area contributed by atoms with Crippen molar-refractivity contribution in [2.45, 2.75) is 18.6 Å². The van der Waals surface area contributed by atoms with E-state index in [9.17, 15) is 18.0 Å². The van der Waals surface area contributed by atoms with Gasteiger partial charge in [0.05, 0.1) is 12.2 Å². The second-order valence-corrected chi connectivity index (χ2v) is 4.31. The molecular weight excluding hydrogens is 232 g/mol. The molecule has 0 radical (unpaired) electrons. The lowest BCUT2D eigenvalue weighted by Gasteiger charge is -2.14. The minimum Gasteiger partial charge on any atom is -0.475 e. The molecule has 0 rings (SSSR count). The number of hydrogen-bond donors (Lipinski definition) is 4. The van der Waals surface area contributed by atoms with Gasteiger partial charge < -0.3 is 15.3 Å². The van der Waals surface area contributed by atoms with Crippen LogP contribution in [-0.4, -0.2) is 58.0 Å². The lowest BCUT2D eigenvalue weighted by Crippen LogP contribution is -2.35. The Bertz CT molecular complexity index is 344. The molecule has 4 N–H and O–H groups in total. The Balaban J connectivity index is 4.28. The van der Waals surface area contributed by atoms with Gasteiger partial charge in [0.1, 0.15) is 5.75 Å². The lowest BCUT2D eigenvalue weighted by atomic mass is 10.1. The topological polar surface area (TPSA) is 149 Å². The zero-order valence-corrected chi connectivity index (χ0v) is 8.22. The SMILES string of the molecule is O=C(O)C(=O)C[C@H](O)[C@H](O)CS(=O)(=O)O. The van der Waals surface area contributed by atoms with E-state index < -0.39 is 46.3 Å². The average molecular weight is 242 g/mol. The van der Waals surface area contributed by atoms with Gasteiger partial charge in [-0.05, 0) is 0 Å². The van der Waals surface area contributed by atoms with Crippen molar-refractivity contribution < 1.29 is 37.9 Å². The summed E-state index contributed by atoms with van der Waals surface area (Å²) in [5.74, 6) is -4.33. The van der Waals surface area contributed by atoms with Crippen LogP contribution in [0.15, 0.2) is 0 Å². The number of aliphatic carboxylic acids is 1. The van der Waals surface area contributed by atoms with E-state index >= 15 is 0 Å². The first-order chi connectivity index (χ1) is 6.63. The predicted molar refractivity (Wildman–Crippen MR) is 45.7 cm³/mol. The van der Waals surface area contributed by atoms with E-state index in [-0.39, 0.29) is 0 Å². The average Bonchev–Trinajstić information content (AvgIpc) is 2.00. The highest BCUT2D eigenvalue weighted by molar-refractivity contribution is 7.85.